The zero-order valence-corrected chi connectivity index (χ0v) is 16.3. The summed E-state index contributed by atoms with van der Waals surface area (Å²) in [5.74, 6) is -1.28. The summed E-state index contributed by atoms with van der Waals surface area (Å²) in [6, 6.07) is 3.76. The monoisotopic (exact) mass is 390 g/mol. The summed E-state index contributed by atoms with van der Waals surface area (Å²) < 4.78 is 30.2. The van der Waals surface area contributed by atoms with Gasteiger partial charge < -0.3 is 10.1 Å². The normalized spacial score (nSPS) is 11.6. The maximum absolute atomic E-state index is 12.1. The highest BCUT2D eigenvalue weighted by Gasteiger charge is 2.22. The standard InChI is InChI=1S/C16H23ClN2O5S/c1-5-11(6-2)18-15(20)10-24-16(21)13-9-12(7-8-14(13)17)25(22,23)19(3)4/h7-9,11H,5-6,10H2,1-4H3,(H,18,20). The van der Waals surface area contributed by atoms with Crippen LogP contribution in [0.15, 0.2) is 23.1 Å². The quantitative estimate of drug-likeness (QED) is 0.686. The van der Waals surface area contributed by atoms with Crippen LogP contribution in [0.1, 0.15) is 37.0 Å². The van der Waals surface area contributed by atoms with Crippen LogP contribution in [0.3, 0.4) is 0 Å². The number of hydrogen-bond acceptors (Lipinski definition) is 5. The molecule has 0 aliphatic carbocycles. The van der Waals surface area contributed by atoms with Crippen LogP contribution in [-0.4, -0.2) is 51.3 Å². The third-order valence-corrected chi connectivity index (χ3v) is 5.76. The minimum Gasteiger partial charge on any atom is -0.452 e. The number of nitrogens with zero attached hydrogens (tertiary/aromatic N) is 1. The molecule has 0 atom stereocenters. The van der Waals surface area contributed by atoms with Gasteiger partial charge in [-0.2, -0.15) is 0 Å². The molecule has 140 valence electrons. The minimum atomic E-state index is -3.72. The van der Waals surface area contributed by atoms with Gasteiger partial charge in [-0.05, 0) is 31.0 Å². The number of rotatable bonds is 8. The second-order valence-electron chi connectivity index (χ2n) is 5.59. The highest BCUT2D eigenvalue weighted by atomic mass is 35.5. The van der Waals surface area contributed by atoms with Gasteiger partial charge >= 0.3 is 5.97 Å². The summed E-state index contributed by atoms with van der Waals surface area (Å²) in [6.45, 7) is 3.42. The Morgan fingerprint density at radius 2 is 1.84 bits per heavy atom. The molecule has 0 fully saturated rings. The van der Waals surface area contributed by atoms with Crippen LogP contribution in [0, 0.1) is 0 Å². The molecule has 0 aromatic heterocycles. The number of amides is 1. The number of carbonyl (C=O) groups is 2. The lowest BCUT2D eigenvalue weighted by Crippen LogP contribution is -2.36. The molecule has 0 saturated heterocycles. The van der Waals surface area contributed by atoms with E-state index in [0.717, 1.165) is 23.2 Å². The topological polar surface area (TPSA) is 92.8 Å². The van der Waals surface area contributed by atoms with Gasteiger partial charge in [0.25, 0.3) is 5.91 Å². The van der Waals surface area contributed by atoms with E-state index in [1.807, 2.05) is 13.8 Å². The molecule has 1 aromatic carbocycles. The lowest BCUT2D eigenvalue weighted by Gasteiger charge is -2.15. The van der Waals surface area contributed by atoms with Crippen molar-refractivity contribution in [3.05, 3.63) is 28.8 Å². The van der Waals surface area contributed by atoms with Gasteiger partial charge in [-0.15, -0.1) is 0 Å². The van der Waals surface area contributed by atoms with Crippen molar-refractivity contribution in [1.29, 1.82) is 0 Å². The van der Waals surface area contributed by atoms with E-state index in [0.29, 0.717) is 0 Å². The third-order valence-electron chi connectivity index (χ3n) is 3.62. The zero-order chi connectivity index (χ0) is 19.2. The molecule has 0 spiro atoms. The van der Waals surface area contributed by atoms with Gasteiger partial charge in [0, 0.05) is 20.1 Å². The molecule has 25 heavy (non-hydrogen) atoms. The average Bonchev–Trinajstić information content (AvgIpc) is 2.57. The highest BCUT2D eigenvalue weighted by molar-refractivity contribution is 7.89. The summed E-state index contributed by atoms with van der Waals surface area (Å²) in [5.41, 5.74) is -0.111. The Morgan fingerprint density at radius 3 is 2.36 bits per heavy atom. The molecule has 0 saturated carbocycles. The second-order valence-corrected chi connectivity index (χ2v) is 8.15. The van der Waals surface area contributed by atoms with E-state index in [2.05, 4.69) is 5.32 Å². The molecule has 0 aliphatic heterocycles. The Labute approximate surface area is 153 Å². The van der Waals surface area contributed by atoms with Crippen LogP contribution in [-0.2, 0) is 19.6 Å². The van der Waals surface area contributed by atoms with Crippen molar-refractivity contribution in [2.24, 2.45) is 0 Å². The molecular weight excluding hydrogens is 368 g/mol. The van der Waals surface area contributed by atoms with E-state index in [4.69, 9.17) is 16.3 Å². The Balaban J connectivity index is 2.87. The fourth-order valence-electron chi connectivity index (χ4n) is 2.00. The summed E-state index contributed by atoms with van der Waals surface area (Å²) in [6.07, 6.45) is 1.54. The SMILES string of the molecule is CCC(CC)NC(=O)COC(=O)c1cc(S(=O)(=O)N(C)C)ccc1Cl. The lowest BCUT2D eigenvalue weighted by molar-refractivity contribution is -0.125. The molecule has 0 bridgehead atoms. The molecule has 0 radical (unpaired) electrons. The van der Waals surface area contributed by atoms with Crippen molar-refractivity contribution in [1.82, 2.24) is 9.62 Å². The molecule has 0 aliphatic rings. The molecule has 1 aromatic rings. The van der Waals surface area contributed by atoms with Crippen LogP contribution in [0.4, 0.5) is 0 Å². The molecule has 1 amide bonds. The fraction of sp³-hybridized carbons (Fsp3) is 0.500. The van der Waals surface area contributed by atoms with Gasteiger partial charge in [0.1, 0.15) is 0 Å². The Kier molecular flexibility index (Phi) is 7.85. The van der Waals surface area contributed by atoms with Gasteiger partial charge in [-0.25, -0.2) is 17.5 Å². The first-order valence-corrected chi connectivity index (χ1v) is 9.63. The summed E-state index contributed by atoms with van der Waals surface area (Å²) in [7, 11) is -0.958. The molecule has 7 nitrogen and oxygen atoms in total. The van der Waals surface area contributed by atoms with Gasteiger partial charge in [-0.3, -0.25) is 4.79 Å². The number of halogens is 1. The zero-order valence-electron chi connectivity index (χ0n) is 14.7. The van der Waals surface area contributed by atoms with E-state index in [9.17, 15) is 18.0 Å². The van der Waals surface area contributed by atoms with Gasteiger partial charge in [0.2, 0.25) is 10.0 Å². The maximum atomic E-state index is 12.1. The molecule has 0 unspecified atom stereocenters. The summed E-state index contributed by atoms with van der Waals surface area (Å²) in [4.78, 5) is 23.8. The van der Waals surface area contributed by atoms with Gasteiger partial charge in [-0.1, -0.05) is 25.4 Å². The van der Waals surface area contributed by atoms with Crippen LogP contribution in [0.25, 0.3) is 0 Å². The maximum Gasteiger partial charge on any atom is 0.340 e. The Morgan fingerprint density at radius 1 is 1.24 bits per heavy atom. The predicted molar refractivity (Wildman–Crippen MR) is 95.1 cm³/mol. The predicted octanol–water partition coefficient (Wildman–Crippen LogP) is 2.05. The third kappa shape index (κ3) is 5.69. The molecule has 1 N–H and O–H groups in total. The van der Waals surface area contributed by atoms with E-state index in [1.165, 1.54) is 26.2 Å². The van der Waals surface area contributed by atoms with Crippen molar-refractivity contribution in [3.8, 4) is 0 Å². The lowest BCUT2D eigenvalue weighted by atomic mass is 10.2. The number of sulfonamides is 1. The van der Waals surface area contributed by atoms with E-state index >= 15 is 0 Å². The van der Waals surface area contributed by atoms with Crippen molar-refractivity contribution in [3.63, 3.8) is 0 Å². The van der Waals surface area contributed by atoms with Gasteiger partial charge in [0.15, 0.2) is 6.61 Å². The number of carbonyl (C=O) groups excluding carboxylic acids is 2. The number of esters is 1. The summed E-state index contributed by atoms with van der Waals surface area (Å²) >= 11 is 5.96. The van der Waals surface area contributed by atoms with Crippen molar-refractivity contribution < 1.29 is 22.7 Å². The number of benzene rings is 1. The van der Waals surface area contributed by atoms with E-state index in [1.54, 1.807) is 0 Å². The highest BCUT2D eigenvalue weighted by Crippen LogP contribution is 2.22. The molecule has 0 heterocycles. The Bertz CT molecular complexity index is 730. The molecule has 1 rings (SSSR count). The van der Waals surface area contributed by atoms with Crippen LogP contribution in [0.5, 0.6) is 0 Å². The van der Waals surface area contributed by atoms with Crippen LogP contribution >= 0.6 is 11.6 Å². The van der Waals surface area contributed by atoms with E-state index in [-0.39, 0.29) is 21.5 Å². The fourth-order valence-corrected chi connectivity index (χ4v) is 3.13. The van der Waals surface area contributed by atoms with Crippen molar-refractivity contribution >= 4 is 33.5 Å². The molecule has 9 heteroatoms. The van der Waals surface area contributed by atoms with E-state index < -0.39 is 28.5 Å². The first-order chi connectivity index (χ1) is 11.6. The molecular formula is C16H23ClN2O5S. The number of nitrogens with one attached hydrogen (secondary N) is 1. The number of ether oxygens (including phenoxy) is 1. The smallest absolute Gasteiger partial charge is 0.340 e. The first kappa shape index (κ1) is 21.4. The summed E-state index contributed by atoms with van der Waals surface area (Å²) in [5, 5.41) is 2.78. The van der Waals surface area contributed by atoms with Crippen LogP contribution < -0.4 is 5.32 Å². The minimum absolute atomic E-state index is 0.0170. The van der Waals surface area contributed by atoms with Gasteiger partial charge in [0.05, 0.1) is 15.5 Å². The van der Waals surface area contributed by atoms with Crippen LogP contribution in [0.2, 0.25) is 5.02 Å². The van der Waals surface area contributed by atoms with Crippen molar-refractivity contribution in [2.75, 3.05) is 20.7 Å². The Hall–Kier alpha value is -1.64. The van der Waals surface area contributed by atoms with Crippen molar-refractivity contribution in [2.45, 2.75) is 37.6 Å². The first-order valence-electron chi connectivity index (χ1n) is 7.82. The largest absolute Gasteiger partial charge is 0.452 e. The average molecular weight is 391 g/mol. The second kappa shape index (κ2) is 9.17. The number of hydrogen-bond donors (Lipinski definition) is 1.